The molecule has 0 aliphatic carbocycles. The smallest absolute Gasteiger partial charge is 0.387 e. The Morgan fingerprint density at radius 1 is 1.35 bits per heavy atom. The average Bonchev–Trinajstić information content (AvgIpc) is 2.87. The van der Waals surface area contributed by atoms with Gasteiger partial charge in [0.25, 0.3) is 5.91 Å². The number of hydrogen-bond donors (Lipinski definition) is 1. The number of rotatable bonds is 4. The van der Waals surface area contributed by atoms with Gasteiger partial charge >= 0.3 is 12.6 Å². The highest BCUT2D eigenvalue weighted by molar-refractivity contribution is 7.99. The fourth-order valence-electron chi connectivity index (χ4n) is 1.79. The lowest BCUT2D eigenvalue weighted by Crippen LogP contribution is -2.41. The number of amides is 1. The van der Waals surface area contributed by atoms with Crippen molar-refractivity contribution in [3.63, 3.8) is 0 Å². The third-order valence-corrected chi connectivity index (χ3v) is 3.77. The van der Waals surface area contributed by atoms with Crippen LogP contribution in [0, 0.1) is 0 Å². The van der Waals surface area contributed by atoms with Gasteiger partial charge in [-0.2, -0.15) is 8.78 Å². The minimum absolute atomic E-state index is 0.0536. The third kappa shape index (κ3) is 3.19. The average molecular weight is 303 g/mol. The highest BCUT2D eigenvalue weighted by Gasteiger charge is 2.34. The van der Waals surface area contributed by atoms with Gasteiger partial charge in [0.05, 0.1) is 5.88 Å². The monoisotopic (exact) mass is 303 g/mol. The molecule has 1 saturated heterocycles. The van der Waals surface area contributed by atoms with E-state index in [1.54, 1.807) is 0 Å². The van der Waals surface area contributed by atoms with Crippen LogP contribution in [-0.2, 0) is 4.79 Å². The van der Waals surface area contributed by atoms with Crippen molar-refractivity contribution in [3.05, 3.63) is 29.8 Å². The molecule has 1 heterocycles. The first kappa shape index (κ1) is 14.6. The van der Waals surface area contributed by atoms with Crippen molar-refractivity contribution in [1.82, 2.24) is 4.90 Å². The molecule has 108 valence electrons. The maximum absolute atomic E-state index is 12.2. The lowest BCUT2D eigenvalue weighted by molar-refractivity contribution is -0.140. The standard InChI is InChI=1S/C12H11F2NO4S/c13-12(14)19-8-3-1-7(2-4-8)10(16)15-6-20-5-9(15)11(17)18/h1-4,9,12H,5-6H2,(H,17,18)/t9-/m0/s1. The van der Waals surface area contributed by atoms with Gasteiger partial charge in [0.2, 0.25) is 0 Å². The Morgan fingerprint density at radius 2 is 2.00 bits per heavy atom. The molecule has 0 unspecified atom stereocenters. The Hall–Kier alpha value is -1.83. The second-order valence-corrected chi connectivity index (χ2v) is 5.03. The van der Waals surface area contributed by atoms with Gasteiger partial charge in [0, 0.05) is 11.3 Å². The largest absolute Gasteiger partial charge is 0.480 e. The number of carbonyl (C=O) groups excluding carboxylic acids is 1. The van der Waals surface area contributed by atoms with E-state index in [4.69, 9.17) is 5.11 Å². The molecule has 1 aliphatic rings. The van der Waals surface area contributed by atoms with Gasteiger partial charge in [-0.05, 0) is 24.3 Å². The molecule has 1 fully saturated rings. The number of benzene rings is 1. The zero-order chi connectivity index (χ0) is 14.7. The van der Waals surface area contributed by atoms with Gasteiger partial charge in [-0.25, -0.2) is 4.79 Å². The molecule has 1 aromatic rings. The van der Waals surface area contributed by atoms with Crippen molar-refractivity contribution in [2.75, 3.05) is 11.6 Å². The van der Waals surface area contributed by atoms with Gasteiger partial charge in [-0.1, -0.05) is 0 Å². The predicted octanol–water partition coefficient (Wildman–Crippen LogP) is 1.89. The molecule has 1 N–H and O–H groups in total. The van der Waals surface area contributed by atoms with Gasteiger partial charge < -0.3 is 14.7 Å². The molecule has 1 amide bonds. The fourth-order valence-corrected chi connectivity index (χ4v) is 2.94. The topological polar surface area (TPSA) is 66.8 Å². The summed E-state index contributed by atoms with van der Waals surface area (Å²) in [6.07, 6.45) is 0. The zero-order valence-electron chi connectivity index (χ0n) is 10.2. The maximum Gasteiger partial charge on any atom is 0.387 e. The number of ether oxygens (including phenoxy) is 1. The molecular weight excluding hydrogens is 292 g/mol. The number of carboxylic acid groups (broad SMARTS) is 1. The van der Waals surface area contributed by atoms with Crippen LogP contribution in [0.1, 0.15) is 10.4 Å². The van der Waals surface area contributed by atoms with Crippen molar-refractivity contribution in [2.45, 2.75) is 12.7 Å². The number of thioether (sulfide) groups is 1. The van der Waals surface area contributed by atoms with E-state index < -0.39 is 24.5 Å². The molecule has 0 spiro atoms. The highest BCUT2D eigenvalue weighted by atomic mass is 32.2. The van der Waals surface area contributed by atoms with E-state index >= 15 is 0 Å². The lowest BCUT2D eigenvalue weighted by Gasteiger charge is -2.20. The van der Waals surface area contributed by atoms with Gasteiger partial charge in [0.15, 0.2) is 0 Å². The summed E-state index contributed by atoms with van der Waals surface area (Å²) in [4.78, 5) is 24.4. The third-order valence-electron chi connectivity index (χ3n) is 2.75. The summed E-state index contributed by atoms with van der Waals surface area (Å²) in [6.45, 7) is -2.93. The molecule has 0 aromatic heterocycles. The van der Waals surface area contributed by atoms with E-state index in [-0.39, 0.29) is 11.3 Å². The van der Waals surface area contributed by atoms with E-state index in [1.165, 1.54) is 40.9 Å². The Bertz CT molecular complexity index is 509. The summed E-state index contributed by atoms with van der Waals surface area (Å²) >= 11 is 1.35. The van der Waals surface area contributed by atoms with Crippen LogP contribution in [-0.4, -0.2) is 46.2 Å². The first-order valence-corrected chi connectivity index (χ1v) is 6.81. The Kier molecular flexibility index (Phi) is 4.43. The highest BCUT2D eigenvalue weighted by Crippen LogP contribution is 2.24. The Balaban J connectivity index is 2.11. The second-order valence-electron chi connectivity index (χ2n) is 4.03. The molecule has 8 heteroatoms. The van der Waals surface area contributed by atoms with Crippen molar-refractivity contribution in [2.24, 2.45) is 0 Å². The van der Waals surface area contributed by atoms with Crippen LogP contribution in [0.2, 0.25) is 0 Å². The number of nitrogens with zero attached hydrogens (tertiary/aromatic N) is 1. The Labute approximate surface area is 117 Å². The molecule has 2 rings (SSSR count). The molecule has 20 heavy (non-hydrogen) atoms. The summed E-state index contributed by atoms with van der Waals surface area (Å²) < 4.78 is 28.2. The summed E-state index contributed by atoms with van der Waals surface area (Å²) in [5.41, 5.74) is 0.236. The van der Waals surface area contributed by atoms with Crippen LogP contribution in [0.5, 0.6) is 5.75 Å². The van der Waals surface area contributed by atoms with Crippen LogP contribution in [0.15, 0.2) is 24.3 Å². The van der Waals surface area contributed by atoms with Crippen molar-refractivity contribution >= 4 is 23.6 Å². The van der Waals surface area contributed by atoms with E-state index in [2.05, 4.69) is 4.74 Å². The summed E-state index contributed by atoms with van der Waals surface area (Å²) in [5, 5.41) is 9.01. The van der Waals surface area contributed by atoms with Gasteiger partial charge in [-0.15, -0.1) is 11.8 Å². The van der Waals surface area contributed by atoms with Crippen LogP contribution >= 0.6 is 11.8 Å². The summed E-state index contributed by atoms with van der Waals surface area (Å²) in [7, 11) is 0. The number of alkyl halides is 2. The maximum atomic E-state index is 12.2. The van der Waals surface area contributed by atoms with Crippen molar-refractivity contribution in [1.29, 1.82) is 0 Å². The summed E-state index contributed by atoms with van der Waals surface area (Å²) in [6, 6.07) is 4.31. The Morgan fingerprint density at radius 3 is 2.55 bits per heavy atom. The van der Waals surface area contributed by atoms with E-state index in [9.17, 15) is 18.4 Å². The SMILES string of the molecule is O=C(O)[C@@H]1CSCN1C(=O)c1ccc(OC(F)F)cc1. The first-order valence-electron chi connectivity index (χ1n) is 5.65. The molecule has 0 radical (unpaired) electrons. The first-order chi connectivity index (χ1) is 9.49. The van der Waals surface area contributed by atoms with Gasteiger partial charge in [0.1, 0.15) is 11.8 Å². The van der Waals surface area contributed by atoms with Crippen LogP contribution in [0.3, 0.4) is 0 Å². The number of carboxylic acids is 1. The summed E-state index contributed by atoms with van der Waals surface area (Å²) in [5.74, 6) is -0.909. The number of aliphatic carboxylic acids is 1. The molecule has 0 saturated carbocycles. The van der Waals surface area contributed by atoms with E-state index in [0.717, 1.165) is 0 Å². The molecule has 5 nitrogen and oxygen atoms in total. The number of halogens is 2. The molecular formula is C12H11F2NO4S. The fraction of sp³-hybridized carbons (Fsp3) is 0.333. The predicted molar refractivity (Wildman–Crippen MR) is 68.0 cm³/mol. The second kappa shape index (κ2) is 6.08. The van der Waals surface area contributed by atoms with Crippen LogP contribution in [0.4, 0.5) is 8.78 Å². The van der Waals surface area contributed by atoms with E-state index in [0.29, 0.717) is 11.6 Å². The van der Waals surface area contributed by atoms with Crippen LogP contribution in [0.25, 0.3) is 0 Å². The zero-order valence-corrected chi connectivity index (χ0v) is 11.0. The molecule has 1 aromatic carbocycles. The quantitative estimate of drug-likeness (QED) is 0.920. The molecule has 0 bridgehead atoms. The molecule has 1 atom stereocenters. The van der Waals surface area contributed by atoms with Crippen LogP contribution < -0.4 is 4.74 Å². The minimum atomic E-state index is -2.93. The molecule has 1 aliphatic heterocycles. The minimum Gasteiger partial charge on any atom is -0.480 e. The van der Waals surface area contributed by atoms with E-state index in [1.807, 2.05) is 0 Å². The number of carbonyl (C=O) groups is 2. The number of hydrogen-bond acceptors (Lipinski definition) is 4. The lowest BCUT2D eigenvalue weighted by atomic mass is 10.1. The van der Waals surface area contributed by atoms with Crippen molar-refractivity contribution < 1.29 is 28.2 Å². The van der Waals surface area contributed by atoms with Gasteiger partial charge in [-0.3, -0.25) is 4.79 Å². The van der Waals surface area contributed by atoms with Crippen molar-refractivity contribution in [3.8, 4) is 5.75 Å². The normalized spacial score (nSPS) is 18.4.